The van der Waals surface area contributed by atoms with E-state index < -0.39 is 5.91 Å². The number of nitrogens with one attached hydrogen (secondary N) is 1. The van der Waals surface area contributed by atoms with Crippen LogP contribution in [-0.2, 0) is 10.5 Å². The van der Waals surface area contributed by atoms with Crippen molar-refractivity contribution in [3.05, 3.63) is 59.2 Å². The van der Waals surface area contributed by atoms with Crippen molar-refractivity contribution in [1.82, 2.24) is 29.8 Å². The first-order valence-electron chi connectivity index (χ1n) is 8.67. The van der Waals surface area contributed by atoms with Crippen LogP contribution in [0.3, 0.4) is 0 Å². The highest BCUT2D eigenvalue weighted by Crippen LogP contribution is 2.28. The fraction of sp³-hybridized carbons (Fsp3) is 0.167. The maximum atomic E-state index is 12.4. The largest absolute Gasteiger partial charge is 0.465 e. The van der Waals surface area contributed by atoms with Gasteiger partial charge in [-0.05, 0) is 30.7 Å². The van der Waals surface area contributed by atoms with Crippen LogP contribution in [-0.4, -0.2) is 48.8 Å². The Balaban J connectivity index is 1.37. The Morgan fingerprint density at radius 3 is 2.73 bits per heavy atom. The van der Waals surface area contributed by atoms with Crippen LogP contribution in [0.5, 0.6) is 0 Å². The number of aromatic nitrogens is 6. The van der Waals surface area contributed by atoms with Gasteiger partial charge in [-0.3, -0.25) is 10.1 Å². The zero-order valence-corrected chi connectivity index (χ0v) is 17.5. The molecule has 1 amide bonds. The third kappa shape index (κ3) is 4.28. The summed E-state index contributed by atoms with van der Waals surface area (Å²) in [6.45, 7) is 1.85. The molecule has 3 aromatic heterocycles. The summed E-state index contributed by atoms with van der Waals surface area (Å²) in [5.41, 5.74) is 2.34. The first kappa shape index (κ1) is 19.9. The topological polar surface area (TPSA) is 124 Å². The summed E-state index contributed by atoms with van der Waals surface area (Å²) in [5.74, 6) is 0.151. The van der Waals surface area contributed by atoms with Crippen molar-refractivity contribution in [3.8, 4) is 0 Å². The molecule has 0 bridgehead atoms. The third-order valence-corrected chi connectivity index (χ3v) is 6.04. The second-order valence-corrected chi connectivity index (χ2v) is 8.24. The molecule has 12 heteroatoms. The van der Waals surface area contributed by atoms with Gasteiger partial charge in [0.2, 0.25) is 11.0 Å². The van der Waals surface area contributed by atoms with Gasteiger partial charge >= 0.3 is 5.97 Å². The molecule has 0 saturated heterocycles. The van der Waals surface area contributed by atoms with E-state index in [-0.39, 0.29) is 11.8 Å². The van der Waals surface area contributed by atoms with E-state index in [1.54, 1.807) is 24.4 Å². The predicted octanol–water partition coefficient (Wildman–Crippen LogP) is 2.62. The smallest absolute Gasteiger partial charge is 0.337 e. The summed E-state index contributed by atoms with van der Waals surface area (Å²) >= 11 is 2.73. The average molecular weight is 441 g/mol. The van der Waals surface area contributed by atoms with Gasteiger partial charge < -0.3 is 4.74 Å². The number of anilines is 1. The summed E-state index contributed by atoms with van der Waals surface area (Å²) in [5, 5.41) is 15.2. The van der Waals surface area contributed by atoms with Gasteiger partial charge in [-0.1, -0.05) is 35.2 Å². The van der Waals surface area contributed by atoms with E-state index in [0.29, 0.717) is 26.6 Å². The van der Waals surface area contributed by atoms with Crippen LogP contribution >= 0.6 is 23.1 Å². The van der Waals surface area contributed by atoms with Gasteiger partial charge in [-0.15, -0.1) is 15.3 Å². The predicted molar refractivity (Wildman–Crippen MR) is 111 cm³/mol. The van der Waals surface area contributed by atoms with Crippen LogP contribution in [0.25, 0.3) is 5.78 Å². The van der Waals surface area contributed by atoms with E-state index in [1.165, 1.54) is 34.7 Å². The molecular weight excluding hydrogens is 426 g/mol. The number of thioether (sulfide) groups is 1. The van der Waals surface area contributed by atoms with E-state index in [0.717, 1.165) is 11.3 Å². The molecule has 0 unspecified atom stereocenters. The Morgan fingerprint density at radius 2 is 2.00 bits per heavy atom. The molecule has 0 fully saturated rings. The summed E-state index contributed by atoms with van der Waals surface area (Å²) in [6.07, 6.45) is 1.61. The van der Waals surface area contributed by atoms with Crippen LogP contribution in [0, 0.1) is 6.92 Å². The minimum absolute atomic E-state index is 0.00639. The number of esters is 1. The highest BCUT2D eigenvalue weighted by Gasteiger charge is 2.17. The maximum absolute atomic E-state index is 12.4. The molecule has 10 nitrogen and oxygen atoms in total. The Hall–Kier alpha value is -3.38. The fourth-order valence-corrected chi connectivity index (χ4v) is 4.18. The Kier molecular flexibility index (Phi) is 5.68. The van der Waals surface area contributed by atoms with Crippen molar-refractivity contribution in [2.75, 3.05) is 12.4 Å². The number of nitrogens with zero attached hydrogens (tertiary/aromatic N) is 6. The normalized spacial score (nSPS) is 10.9. The molecule has 1 N–H and O–H groups in total. The highest BCUT2D eigenvalue weighted by molar-refractivity contribution is 8.00. The monoisotopic (exact) mass is 441 g/mol. The van der Waals surface area contributed by atoms with Gasteiger partial charge in [0, 0.05) is 17.6 Å². The second kappa shape index (κ2) is 8.55. The molecule has 0 aliphatic carbocycles. The number of hydrogen-bond acceptors (Lipinski definition) is 10. The number of hydrogen-bond donors (Lipinski definition) is 1. The van der Waals surface area contributed by atoms with Crippen LogP contribution in [0.4, 0.5) is 5.13 Å². The number of methoxy groups -OCH3 is 1. The van der Waals surface area contributed by atoms with E-state index in [2.05, 4.69) is 35.3 Å². The molecule has 0 atom stereocenters. The van der Waals surface area contributed by atoms with Crippen LogP contribution in [0.2, 0.25) is 0 Å². The number of carbonyl (C=O) groups is 2. The Bertz CT molecular complexity index is 1220. The van der Waals surface area contributed by atoms with Gasteiger partial charge in [0.1, 0.15) is 0 Å². The molecule has 0 spiro atoms. The Labute approximate surface area is 178 Å². The minimum atomic E-state index is -0.481. The maximum Gasteiger partial charge on any atom is 0.337 e. The van der Waals surface area contributed by atoms with Crippen LogP contribution in [0.1, 0.15) is 32.2 Å². The molecule has 4 aromatic rings. The number of ether oxygens (including phenoxy) is 1. The van der Waals surface area contributed by atoms with E-state index in [4.69, 9.17) is 0 Å². The number of aryl methyl sites for hydroxylation is 1. The van der Waals surface area contributed by atoms with Gasteiger partial charge in [0.25, 0.3) is 11.7 Å². The van der Waals surface area contributed by atoms with E-state index in [1.807, 2.05) is 19.1 Å². The van der Waals surface area contributed by atoms with Crippen molar-refractivity contribution in [1.29, 1.82) is 0 Å². The lowest BCUT2D eigenvalue weighted by Crippen LogP contribution is -2.13. The first-order valence-corrected chi connectivity index (χ1v) is 10.5. The highest BCUT2D eigenvalue weighted by atomic mass is 32.2. The molecule has 4 rings (SSSR count). The lowest BCUT2D eigenvalue weighted by atomic mass is 10.1. The SMILES string of the molecule is COC(=O)c1ccc(CSc2nnc(NC(=O)c3nc4nccc(C)n4n3)s2)cc1. The van der Waals surface area contributed by atoms with Gasteiger partial charge in [-0.25, -0.2) is 14.3 Å². The number of benzene rings is 1. The zero-order chi connectivity index (χ0) is 21.1. The Morgan fingerprint density at radius 1 is 1.20 bits per heavy atom. The average Bonchev–Trinajstić information content (AvgIpc) is 3.40. The molecule has 0 radical (unpaired) electrons. The van der Waals surface area contributed by atoms with Crippen molar-refractivity contribution in [2.24, 2.45) is 0 Å². The van der Waals surface area contributed by atoms with Gasteiger partial charge in [0.15, 0.2) is 4.34 Å². The summed E-state index contributed by atoms with van der Waals surface area (Å²) in [7, 11) is 1.35. The van der Waals surface area contributed by atoms with Gasteiger partial charge in [0.05, 0.1) is 12.7 Å². The molecule has 3 heterocycles. The molecule has 1 aromatic carbocycles. The second-order valence-electron chi connectivity index (χ2n) is 6.04. The number of fused-ring (bicyclic) bond motifs is 1. The molecule has 152 valence electrons. The van der Waals surface area contributed by atoms with E-state index >= 15 is 0 Å². The quantitative estimate of drug-likeness (QED) is 0.273. The molecular formula is C18H15N7O3S2. The van der Waals surface area contributed by atoms with E-state index in [9.17, 15) is 9.59 Å². The van der Waals surface area contributed by atoms with Crippen LogP contribution < -0.4 is 5.32 Å². The number of carbonyl (C=O) groups excluding carboxylic acids is 2. The molecule has 0 saturated carbocycles. The summed E-state index contributed by atoms with van der Waals surface area (Å²) < 4.78 is 6.88. The van der Waals surface area contributed by atoms with Crippen molar-refractivity contribution in [2.45, 2.75) is 17.0 Å². The lowest BCUT2D eigenvalue weighted by molar-refractivity contribution is 0.0600. The number of rotatable bonds is 6. The summed E-state index contributed by atoms with van der Waals surface area (Å²) in [4.78, 5) is 32.1. The third-order valence-electron chi connectivity index (χ3n) is 4.00. The number of amides is 1. The lowest BCUT2D eigenvalue weighted by Gasteiger charge is -2.01. The zero-order valence-electron chi connectivity index (χ0n) is 15.9. The van der Waals surface area contributed by atoms with Crippen LogP contribution in [0.15, 0.2) is 40.9 Å². The molecule has 0 aliphatic heterocycles. The fourth-order valence-electron chi connectivity index (χ4n) is 2.47. The van der Waals surface area contributed by atoms with Crippen molar-refractivity contribution >= 4 is 45.9 Å². The minimum Gasteiger partial charge on any atom is -0.465 e. The van der Waals surface area contributed by atoms with Gasteiger partial charge in [-0.2, -0.15) is 4.98 Å². The standard InChI is InChI=1S/C18H15N7O3S2/c1-10-7-8-19-16-20-13(24-25(10)16)14(26)21-17-22-23-18(30-17)29-9-11-3-5-12(6-4-11)15(27)28-2/h3-8H,9H2,1-2H3,(H,21,22,26). The van der Waals surface area contributed by atoms with Crippen molar-refractivity contribution < 1.29 is 14.3 Å². The molecule has 30 heavy (non-hydrogen) atoms. The summed E-state index contributed by atoms with van der Waals surface area (Å²) in [6, 6.07) is 8.92. The van der Waals surface area contributed by atoms with Crippen molar-refractivity contribution in [3.63, 3.8) is 0 Å². The first-order chi connectivity index (χ1) is 14.5. The molecule has 0 aliphatic rings.